The molecule has 17 heavy (non-hydrogen) atoms. The van der Waals surface area contributed by atoms with E-state index in [0.29, 0.717) is 17.2 Å². The highest BCUT2D eigenvalue weighted by Gasteiger charge is 2.03. The minimum absolute atomic E-state index is 0.0466. The molecule has 86 valence electrons. The van der Waals surface area contributed by atoms with Gasteiger partial charge in [-0.2, -0.15) is 0 Å². The van der Waals surface area contributed by atoms with E-state index in [1.54, 1.807) is 24.3 Å². The number of hydrogen-bond donors (Lipinski definition) is 2. The van der Waals surface area contributed by atoms with Crippen LogP contribution in [0.3, 0.4) is 0 Å². The van der Waals surface area contributed by atoms with Crippen molar-refractivity contribution in [1.82, 2.24) is 4.98 Å². The van der Waals surface area contributed by atoms with Gasteiger partial charge in [-0.3, -0.25) is 4.79 Å². The number of pyridine rings is 1. The fourth-order valence-corrected chi connectivity index (χ4v) is 1.64. The van der Waals surface area contributed by atoms with Crippen molar-refractivity contribution in [2.45, 2.75) is 6.92 Å². The van der Waals surface area contributed by atoms with Crippen LogP contribution in [0, 0.1) is 0 Å². The number of rotatable bonds is 2. The number of nitrogens with zero attached hydrogens (tertiary/aromatic N) is 1. The molecule has 0 fully saturated rings. The maximum Gasteiger partial charge on any atom is 0.159 e. The lowest BCUT2D eigenvalue weighted by Gasteiger charge is -2.05. The average Bonchev–Trinajstić information content (AvgIpc) is 2.28. The number of carbonyl (C=O) groups is 1. The van der Waals surface area contributed by atoms with E-state index < -0.39 is 0 Å². The van der Waals surface area contributed by atoms with Gasteiger partial charge >= 0.3 is 0 Å². The highest BCUT2D eigenvalue weighted by molar-refractivity contribution is 5.94. The summed E-state index contributed by atoms with van der Waals surface area (Å²) in [4.78, 5) is 15.1. The Morgan fingerprint density at radius 3 is 2.00 bits per heavy atom. The number of hydrogen-bond acceptors (Lipinski definition) is 4. The Morgan fingerprint density at radius 1 is 1.00 bits per heavy atom. The van der Waals surface area contributed by atoms with Crippen LogP contribution in [0.25, 0.3) is 11.1 Å². The van der Waals surface area contributed by atoms with Gasteiger partial charge in [-0.25, -0.2) is 4.98 Å². The van der Waals surface area contributed by atoms with Gasteiger partial charge in [-0.15, -0.1) is 0 Å². The van der Waals surface area contributed by atoms with Crippen LogP contribution in [0.15, 0.2) is 36.4 Å². The molecule has 1 heterocycles. The molecule has 0 radical (unpaired) electrons. The largest absolute Gasteiger partial charge is 0.384 e. The number of ketones is 1. The van der Waals surface area contributed by atoms with Crippen molar-refractivity contribution in [3.63, 3.8) is 0 Å². The van der Waals surface area contributed by atoms with Crippen LogP contribution in [0.4, 0.5) is 11.6 Å². The molecular formula is C13H13N3O. The number of anilines is 2. The molecule has 2 rings (SSSR count). The summed E-state index contributed by atoms with van der Waals surface area (Å²) in [6.07, 6.45) is 0. The molecule has 0 atom stereocenters. The highest BCUT2D eigenvalue weighted by atomic mass is 16.1. The summed E-state index contributed by atoms with van der Waals surface area (Å²) in [6.45, 7) is 1.54. The van der Waals surface area contributed by atoms with Crippen LogP contribution in [0.5, 0.6) is 0 Å². The maximum absolute atomic E-state index is 11.2. The molecule has 2 aromatic rings. The van der Waals surface area contributed by atoms with E-state index in [0.717, 1.165) is 11.1 Å². The van der Waals surface area contributed by atoms with E-state index in [1.165, 1.54) is 6.92 Å². The number of nitrogens with two attached hydrogens (primary N) is 2. The minimum atomic E-state index is 0.0466. The average molecular weight is 227 g/mol. The summed E-state index contributed by atoms with van der Waals surface area (Å²) >= 11 is 0. The first-order valence-corrected chi connectivity index (χ1v) is 5.20. The first-order chi connectivity index (χ1) is 8.06. The van der Waals surface area contributed by atoms with Gasteiger partial charge in [0.25, 0.3) is 0 Å². The van der Waals surface area contributed by atoms with Crippen molar-refractivity contribution < 1.29 is 4.79 Å². The van der Waals surface area contributed by atoms with Crippen LogP contribution >= 0.6 is 0 Å². The molecule has 0 bridgehead atoms. The molecule has 4 nitrogen and oxygen atoms in total. The maximum atomic E-state index is 11.2. The van der Waals surface area contributed by atoms with E-state index in [1.807, 2.05) is 12.1 Å². The fraction of sp³-hybridized carbons (Fsp3) is 0.0769. The van der Waals surface area contributed by atoms with Crippen molar-refractivity contribution in [1.29, 1.82) is 0 Å². The molecule has 0 amide bonds. The van der Waals surface area contributed by atoms with Crippen molar-refractivity contribution in [2.75, 3.05) is 11.5 Å². The number of Topliss-reactive ketones (excluding diaryl/α,β-unsaturated/α-hetero) is 1. The lowest BCUT2D eigenvalue weighted by molar-refractivity contribution is 0.101. The third kappa shape index (κ3) is 2.42. The summed E-state index contributed by atoms with van der Waals surface area (Å²) in [5.74, 6) is 0.816. The summed E-state index contributed by atoms with van der Waals surface area (Å²) < 4.78 is 0. The highest BCUT2D eigenvalue weighted by Crippen LogP contribution is 2.23. The molecular weight excluding hydrogens is 214 g/mol. The van der Waals surface area contributed by atoms with Crippen LogP contribution in [0.2, 0.25) is 0 Å². The first-order valence-electron chi connectivity index (χ1n) is 5.20. The SMILES string of the molecule is CC(=O)c1ccc(-c2cc(N)nc(N)c2)cc1. The van der Waals surface area contributed by atoms with Crippen LogP contribution in [0.1, 0.15) is 17.3 Å². The van der Waals surface area contributed by atoms with Gasteiger partial charge in [-0.05, 0) is 30.2 Å². The van der Waals surface area contributed by atoms with Crippen molar-refractivity contribution in [3.05, 3.63) is 42.0 Å². The van der Waals surface area contributed by atoms with Gasteiger partial charge in [0.05, 0.1) is 0 Å². The quantitative estimate of drug-likeness (QED) is 0.770. The van der Waals surface area contributed by atoms with Gasteiger partial charge < -0.3 is 11.5 Å². The van der Waals surface area contributed by atoms with Gasteiger partial charge in [0.15, 0.2) is 5.78 Å². The van der Waals surface area contributed by atoms with E-state index in [9.17, 15) is 4.79 Å². The minimum Gasteiger partial charge on any atom is -0.384 e. The number of carbonyl (C=O) groups excluding carboxylic acids is 1. The van der Waals surface area contributed by atoms with Gasteiger partial charge in [0, 0.05) is 5.56 Å². The topological polar surface area (TPSA) is 82.0 Å². The fourth-order valence-electron chi connectivity index (χ4n) is 1.64. The summed E-state index contributed by atoms with van der Waals surface area (Å²) in [7, 11) is 0. The Morgan fingerprint density at radius 2 is 1.53 bits per heavy atom. The molecule has 0 saturated heterocycles. The summed E-state index contributed by atoms with van der Waals surface area (Å²) in [5, 5.41) is 0. The van der Waals surface area contributed by atoms with Crippen LogP contribution < -0.4 is 11.5 Å². The Labute approximate surface area is 99.3 Å². The summed E-state index contributed by atoms with van der Waals surface area (Å²) in [6, 6.07) is 10.8. The molecule has 0 aliphatic heterocycles. The smallest absolute Gasteiger partial charge is 0.159 e. The van der Waals surface area contributed by atoms with E-state index in [-0.39, 0.29) is 5.78 Å². The predicted octanol–water partition coefficient (Wildman–Crippen LogP) is 2.12. The summed E-state index contributed by atoms with van der Waals surface area (Å²) in [5.41, 5.74) is 13.8. The van der Waals surface area contributed by atoms with Crippen LogP contribution in [-0.4, -0.2) is 10.8 Å². The van der Waals surface area contributed by atoms with E-state index in [2.05, 4.69) is 4.98 Å². The second-order valence-electron chi connectivity index (χ2n) is 3.84. The molecule has 4 heteroatoms. The molecule has 0 aliphatic carbocycles. The van der Waals surface area contributed by atoms with Crippen molar-refractivity contribution >= 4 is 17.4 Å². The van der Waals surface area contributed by atoms with E-state index in [4.69, 9.17) is 11.5 Å². The zero-order valence-electron chi connectivity index (χ0n) is 9.47. The van der Waals surface area contributed by atoms with Crippen molar-refractivity contribution in [2.24, 2.45) is 0 Å². The zero-order valence-corrected chi connectivity index (χ0v) is 9.47. The Kier molecular flexibility index (Phi) is 2.78. The molecule has 0 saturated carbocycles. The lowest BCUT2D eigenvalue weighted by atomic mass is 10.0. The number of aromatic nitrogens is 1. The van der Waals surface area contributed by atoms with Crippen molar-refractivity contribution in [3.8, 4) is 11.1 Å². The Bertz CT molecular complexity index is 541. The Hall–Kier alpha value is -2.36. The monoisotopic (exact) mass is 227 g/mol. The molecule has 0 aliphatic rings. The molecule has 0 spiro atoms. The predicted molar refractivity (Wildman–Crippen MR) is 68.5 cm³/mol. The molecule has 4 N–H and O–H groups in total. The standard InChI is InChI=1S/C13H13N3O/c1-8(17)9-2-4-10(5-3-9)11-6-12(14)16-13(15)7-11/h2-7H,1H3,(H4,14,15,16). The van der Waals surface area contributed by atoms with Gasteiger partial charge in [0.1, 0.15) is 11.6 Å². The number of benzene rings is 1. The zero-order chi connectivity index (χ0) is 12.4. The lowest BCUT2D eigenvalue weighted by Crippen LogP contribution is -1.97. The molecule has 1 aromatic heterocycles. The third-order valence-corrected chi connectivity index (χ3v) is 2.49. The molecule has 0 unspecified atom stereocenters. The number of nitrogen functional groups attached to an aromatic ring is 2. The van der Waals surface area contributed by atoms with Gasteiger partial charge in [-0.1, -0.05) is 24.3 Å². The molecule has 1 aromatic carbocycles. The second kappa shape index (κ2) is 4.25. The normalized spacial score (nSPS) is 10.2. The van der Waals surface area contributed by atoms with Crippen LogP contribution in [-0.2, 0) is 0 Å². The van der Waals surface area contributed by atoms with E-state index >= 15 is 0 Å². The first kappa shape index (κ1) is 11.1. The van der Waals surface area contributed by atoms with Gasteiger partial charge in [0.2, 0.25) is 0 Å². The third-order valence-electron chi connectivity index (χ3n) is 2.49. The Balaban J connectivity index is 2.43. The second-order valence-corrected chi connectivity index (χ2v) is 3.84.